The molecule has 8 nitrogen and oxygen atoms in total. The Hall–Kier alpha value is -3.42. The van der Waals surface area contributed by atoms with Crippen molar-refractivity contribution in [3.05, 3.63) is 67.4 Å². The molecule has 4 rings (SSSR count). The topological polar surface area (TPSA) is 87.2 Å². The van der Waals surface area contributed by atoms with E-state index >= 15 is 0 Å². The smallest absolute Gasteiger partial charge is 0.138 e. The number of rotatable bonds is 4. The summed E-state index contributed by atoms with van der Waals surface area (Å²) < 4.78 is 3.55. The molecule has 0 saturated heterocycles. The van der Waals surface area contributed by atoms with Crippen molar-refractivity contribution in [2.45, 2.75) is 13.0 Å². The molecule has 118 valence electrons. The van der Waals surface area contributed by atoms with Crippen molar-refractivity contribution >= 4 is 0 Å². The second-order valence-electron chi connectivity index (χ2n) is 5.32. The van der Waals surface area contributed by atoms with E-state index in [1.807, 2.05) is 23.0 Å². The van der Waals surface area contributed by atoms with Crippen molar-refractivity contribution in [2.75, 3.05) is 0 Å². The summed E-state index contributed by atoms with van der Waals surface area (Å²) in [5.74, 6) is 0. The SMILES string of the molecule is C[C@H](c1ccc(-n2cncn2)cc1)n1cc(-c2cncnc2)nn1. The molecule has 1 aromatic carbocycles. The molecule has 0 aliphatic rings. The predicted molar refractivity (Wildman–Crippen MR) is 86.2 cm³/mol. The Labute approximate surface area is 137 Å². The highest BCUT2D eigenvalue weighted by Gasteiger charge is 2.12. The minimum absolute atomic E-state index is 0.0562. The normalized spacial score (nSPS) is 12.2. The summed E-state index contributed by atoms with van der Waals surface area (Å²) in [4.78, 5) is 12.0. The summed E-state index contributed by atoms with van der Waals surface area (Å²) in [5, 5.41) is 12.5. The van der Waals surface area contributed by atoms with Gasteiger partial charge >= 0.3 is 0 Å². The first-order valence-electron chi connectivity index (χ1n) is 7.43. The fourth-order valence-corrected chi connectivity index (χ4v) is 2.43. The third-order valence-corrected chi connectivity index (χ3v) is 3.82. The van der Waals surface area contributed by atoms with E-state index in [0.717, 1.165) is 22.5 Å². The van der Waals surface area contributed by atoms with Crippen molar-refractivity contribution in [1.82, 2.24) is 39.7 Å². The molecule has 0 bridgehead atoms. The minimum Gasteiger partial charge on any atom is -0.245 e. The molecular weight excluding hydrogens is 304 g/mol. The number of hydrogen-bond acceptors (Lipinski definition) is 6. The highest BCUT2D eigenvalue weighted by atomic mass is 15.4. The van der Waals surface area contributed by atoms with Gasteiger partial charge in [0.25, 0.3) is 0 Å². The van der Waals surface area contributed by atoms with Crippen molar-refractivity contribution in [1.29, 1.82) is 0 Å². The molecule has 8 heteroatoms. The molecule has 4 aromatic rings. The quantitative estimate of drug-likeness (QED) is 0.571. The van der Waals surface area contributed by atoms with Crippen LogP contribution in [0.25, 0.3) is 16.9 Å². The van der Waals surface area contributed by atoms with Gasteiger partial charge in [0.05, 0.1) is 17.9 Å². The second-order valence-corrected chi connectivity index (χ2v) is 5.32. The van der Waals surface area contributed by atoms with Crippen molar-refractivity contribution < 1.29 is 0 Å². The number of benzene rings is 1. The molecule has 1 atom stereocenters. The van der Waals surface area contributed by atoms with Crippen LogP contribution in [0.4, 0.5) is 0 Å². The largest absolute Gasteiger partial charge is 0.245 e. The fraction of sp³-hybridized carbons (Fsp3) is 0.125. The van der Waals surface area contributed by atoms with E-state index in [1.54, 1.807) is 23.4 Å². The first-order chi connectivity index (χ1) is 11.8. The van der Waals surface area contributed by atoms with Crippen molar-refractivity contribution in [3.63, 3.8) is 0 Å². The van der Waals surface area contributed by atoms with Gasteiger partial charge in [0.15, 0.2) is 0 Å². The van der Waals surface area contributed by atoms with Gasteiger partial charge in [-0.2, -0.15) is 5.10 Å². The van der Waals surface area contributed by atoms with E-state index in [-0.39, 0.29) is 6.04 Å². The molecular formula is C16H14N8. The lowest BCUT2D eigenvalue weighted by Crippen LogP contribution is -2.07. The van der Waals surface area contributed by atoms with E-state index in [9.17, 15) is 0 Å². The number of aromatic nitrogens is 8. The van der Waals surface area contributed by atoms with Crippen LogP contribution in [-0.2, 0) is 0 Å². The summed E-state index contributed by atoms with van der Waals surface area (Å²) >= 11 is 0. The van der Waals surface area contributed by atoms with Crippen molar-refractivity contribution in [3.8, 4) is 16.9 Å². The van der Waals surface area contributed by atoms with Crippen LogP contribution in [-0.4, -0.2) is 39.7 Å². The van der Waals surface area contributed by atoms with E-state index in [4.69, 9.17) is 0 Å². The monoisotopic (exact) mass is 318 g/mol. The Morgan fingerprint density at radius 2 is 1.75 bits per heavy atom. The van der Waals surface area contributed by atoms with Gasteiger partial charge in [-0.1, -0.05) is 17.3 Å². The molecule has 0 aliphatic carbocycles. The Bertz CT molecular complexity index is 912. The molecule has 0 radical (unpaired) electrons. The first kappa shape index (κ1) is 14.2. The van der Waals surface area contributed by atoms with Crippen molar-refractivity contribution in [2.24, 2.45) is 0 Å². The van der Waals surface area contributed by atoms with Crippen LogP contribution in [0.15, 0.2) is 61.8 Å². The lowest BCUT2D eigenvalue weighted by molar-refractivity contribution is 0.543. The predicted octanol–water partition coefficient (Wildman–Crippen LogP) is 1.93. The van der Waals surface area contributed by atoms with Gasteiger partial charge in [0.1, 0.15) is 24.7 Å². The van der Waals surface area contributed by atoms with Gasteiger partial charge in [-0.25, -0.2) is 24.3 Å². The highest BCUT2D eigenvalue weighted by molar-refractivity contribution is 5.54. The van der Waals surface area contributed by atoms with Crippen LogP contribution in [0, 0.1) is 0 Å². The van der Waals surface area contributed by atoms with E-state index in [0.29, 0.717) is 0 Å². The van der Waals surface area contributed by atoms with Gasteiger partial charge in [0.2, 0.25) is 0 Å². The molecule has 24 heavy (non-hydrogen) atoms. The molecule has 0 unspecified atom stereocenters. The van der Waals surface area contributed by atoms with Gasteiger partial charge in [-0.3, -0.25) is 0 Å². The lowest BCUT2D eigenvalue weighted by Gasteiger charge is -2.12. The zero-order valence-corrected chi connectivity index (χ0v) is 12.9. The zero-order chi connectivity index (χ0) is 16.4. The Morgan fingerprint density at radius 3 is 2.46 bits per heavy atom. The molecule has 0 N–H and O–H groups in total. The van der Waals surface area contributed by atoms with Gasteiger partial charge < -0.3 is 0 Å². The maximum atomic E-state index is 4.22. The summed E-state index contributed by atoms with van der Waals surface area (Å²) in [6.07, 6.45) is 10.0. The maximum absolute atomic E-state index is 4.22. The van der Waals surface area contributed by atoms with E-state index in [1.165, 1.54) is 12.7 Å². The molecule has 0 aliphatic heterocycles. The van der Waals surface area contributed by atoms with Crippen LogP contribution in [0.1, 0.15) is 18.5 Å². The standard InChI is InChI=1S/C16H14N8/c1-12(13-2-4-15(5-3-13)24-11-19-10-20-24)23-8-16(21-22-23)14-6-17-9-18-7-14/h2-12H,1H3/t12-/m1/s1. The summed E-state index contributed by atoms with van der Waals surface area (Å²) in [6.45, 7) is 2.07. The molecule has 0 amide bonds. The summed E-state index contributed by atoms with van der Waals surface area (Å²) in [5.41, 5.74) is 3.68. The Kier molecular flexibility index (Phi) is 3.54. The van der Waals surface area contributed by atoms with E-state index < -0.39 is 0 Å². The first-order valence-corrected chi connectivity index (χ1v) is 7.43. The summed E-state index contributed by atoms with van der Waals surface area (Å²) in [7, 11) is 0. The molecule has 0 spiro atoms. The van der Waals surface area contributed by atoms with Gasteiger partial charge in [0, 0.05) is 18.0 Å². The van der Waals surface area contributed by atoms with Crippen LogP contribution in [0.3, 0.4) is 0 Å². The molecule has 0 saturated carbocycles. The average Bonchev–Trinajstić information content (AvgIpc) is 3.34. The molecule has 3 heterocycles. The number of nitrogens with zero attached hydrogens (tertiary/aromatic N) is 8. The highest BCUT2D eigenvalue weighted by Crippen LogP contribution is 2.21. The molecule has 3 aromatic heterocycles. The third-order valence-electron chi connectivity index (χ3n) is 3.82. The van der Waals surface area contributed by atoms with Gasteiger partial charge in [-0.05, 0) is 24.6 Å². The van der Waals surface area contributed by atoms with Crippen LogP contribution in [0.2, 0.25) is 0 Å². The molecule has 0 fully saturated rings. The van der Waals surface area contributed by atoms with Crippen LogP contribution >= 0.6 is 0 Å². The zero-order valence-electron chi connectivity index (χ0n) is 12.9. The van der Waals surface area contributed by atoms with E-state index in [2.05, 4.69) is 49.4 Å². The number of hydrogen-bond donors (Lipinski definition) is 0. The van der Waals surface area contributed by atoms with Crippen LogP contribution < -0.4 is 0 Å². The average molecular weight is 318 g/mol. The van der Waals surface area contributed by atoms with Gasteiger partial charge in [-0.15, -0.1) is 5.10 Å². The second kappa shape index (κ2) is 5.99. The van der Waals surface area contributed by atoms with Crippen LogP contribution in [0.5, 0.6) is 0 Å². The Balaban J connectivity index is 1.58. The minimum atomic E-state index is 0.0562. The third kappa shape index (κ3) is 2.65. The lowest BCUT2D eigenvalue weighted by atomic mass is 10.1. The maximum Gasteiger partial charge on any atom is 0.138 e. The summed E-state index contributed by atoms with van der Waals surface area (Å²) in [6, 6.07) is 8.16. The fourth-order valence-electron chi connectivity index (χ4n) is 2.43. The Morgan fingerprint density at radius 1 is 0.958 bits per heavy atom.